The number of nitrogens with one attached hydrogen (secondary N) is 2. The highest BCUT2D eigenvalue weighted by atomic mass is 19.1. The van der Waals surface area contributed by atoms with Crippen LogP contribution in [0.25, 0.3) is 0 Å². The van der Waals surface area contributed by atoms with E-state index in [1.165, 1.54) is 30.5 Å². The fraction of sp³-hybridized carbons (Fsp3) is 0. The third kappa shape index (κ3) is 2.19. The molecule has 2 aromatic rings. The van der Waals surface area contributed by atoms with E-state index in [2.05, 4.69) is 15.5 Å². The molecule has 0 aliphatic carbocycles. The van der Waals surface area contributed by atoms with Gasteiger partial charge in [-0.3, -0.25) is 9.89 Å². The molecular weight excluding hydrogens is 197 g/mol. The molecule has 0 bridgehead atoms. The Balaban J connectivity index is 2.13. The molecule has 0 unspecified atom stereocenters. The summed E-state index contributed by atoms with van der Waals surface area (Å²) in [5.41, 5.74) is 0.744. The molecule has 76 valence electrons. The Morgan fingerprint density at radius 1 is 1.40 bits per heavy atom. The summed E-state index contributed by atoms with van der Waals surface area (Å²) in [6.45, 7) is 0. The van der Waals surface area contributed by atoms with E-state index in [0.29, 0.717) is 11.4 Å². The van der Waals surface area contributed by atoms with E-state index in [9.17, 15) is 9.18 Å². The molecule has 0 aliphatic heterocycles. The summed E-state index contributed by atoms with van der Waals surface area (Å²) in [5.74, 6) is -0.740. The molecule has 1 heterocycles. The summed E-state index contributed by atoms with van der Waals surface area (Å²) < 4.78 is 12.8. The van der Waals surface area contributed by atoms with Gasteiger partial charge in [0.15, 0.2) is 0 Å². The zero-order chi connectivity index (χ0) is 10.7. The number of anilines is 1. The fourth-order valence-electron chi connectivity index (χ4n) is 1.15. The van der Waals surface area contributed by atoms with Gasteiger partial charge in [-0.25, -0.2) is 4.39 Å². The van der Waals surface area contributed by atoms with Crippen molar-refractivity contribution in [2.24, 2.45) is 0 Å². The van der Waals surface area contributed by atoms with Crippen molar-refractivity contribution in [1.29, 1.82) is 0 Å². The molecule has 2 rings (SSSR count). The zero-order valence-corrected chi connectivity index (χ0v) is 7.70. The number of aromatic nitrogens is 2. The molecule has 0 atom stereocenters. The average Bonchev–Trinajstić information content (AvgIpc) is 2.70. The Kier molecular flexibility index (Phi) is 2.45. The smallest absolute Gasteiger partial charge is 0.273 e. The first-order valence-electron chi connectivity index (χ1n) is 4.32. The van der Waals surface area contributed by atoms with Crippen molar-refractivity contribution < 1.29 is 9.18 Å². The summed E-state index contributed by atoms with van der Waals surface area (Å²) in [5, 5.41) is 8.69. The van der Waals surface area contributed by atoms with E-state index in [1.54, 1.807) is 6.07 Å². The number of benzene rings is 1. The van der Waals surface area contributed by atoms with Crippen molar-refractivity contribution in [2.75, 3.05) is 5.32 Å². The number of aromatic amines is 1. The van der Waals surface area contributed by atoms with Crippen molar-refractivity contribution in [3.63, 3.8) is 0 Å². The van der Waals surface area contributed by atoms with Gasteiger partial charge in [0.05, 0.1) is 0 Å². The number of carbonyl (C=O) groups excluding carboxylic acids is 1. The van der Waals surface area contributed by atoms with Crippen LogP contribution < -0.4 is 5.32 Å². The SMILES string of the molecule is O=C(Nc1cccc(F)c1)c1ccn[nH]1. The Bertz CT molecular complexity index is 467. The molecule has 1 aromatic carbocycles. The van der Waals surface area contributed by atoms with Crippen LogP contribution in [0.3, 0.4) is 0 Å². The maximum absolute atomic E-state index is 12.8. The van der Waals surface area contributed by atoms with Crippen molar-refractivity contribution in [2.45, 2.75) is 0 Å². The molecule has 0 aliphatic rings. The third-order valence-corrected chi connectivity index (χ3v) is 1.83. The minimum Gasteiger partial charge on any atom is -0.321 e. The van der Waals surface area contributed by atoms with Crippen molar-refractivity contribution in [3.8, 4) is 0 Å². The zero-order valence-electron chi connectivity index (χ0n) is 7.70. The number of rotatable bonds is 2. The lowest BCUT2D eigenvalue weighted by molar-refractivity contribution is 0.102. The van der Waals surface area contributed by atoms with Crippen LogP contribution >= 0.6 is 0 Å². The van der Waals surface area contributed by atoms with Gasteiger partial charge in [0.1, 0.15) is 11.5 Å². The number of H-pyrrole nitrogens is 1. The van der Waals surface area contributed by atoms with Crippen LogP contribution in [0, 0.1) is 5.82 Å². The number of nitrogens with zero attached hydrogens (tertiary/aromatic N) is 1. The Morgan fingerprint density at radius 2 is 2.27 bits per heavy atom. The van der Waals surface area contributed by atoms with E-state index in [4.69, 9.17) is 0 Å². The van der Waals surface area contributed by atoms with Crippen LogP contribution in [0.2, 0.25) is 0 Å². The highest BCUT2D eigenvalue weighted by Gasteiger charge is 2.06. The maximum Gasteiger partial charge on any atom is 0.273 e. The van der Waals surface area contributed by atoms with Crippen molar-refractivity contribution >= 4 is 11.6 Å². The van der Waals surface area contributed by atoms with Crippen LogP contribution in [-0.4, -0.2) is 16.1 Å². The van der Waals surface area contributed by atoms with Crippen LogP contribution in [0.4, 0.5) is 10.1 Å². The van der Waals surface area contributed by atoms with Gasteiger partial charge in [0.25, 0.3) is 5.91 Å². The molecule has 0 spiro atoms. The molecule has 0 radical (unpaired) electrons. The van der Waals surface area contributed by atoms with Gasteiger partial charge < -0.3 is 5.32 Å². The largest absolute Gasteiger partial charge is 0.321 e. The van der Waals surface area contributed by atoms with E-state index >= 15 is 0 Å². The third-order valence-electron chi connectivity index (χ3n) is 1.83. The predicted octanol–water partition coefficient (Wildman–Crippen LogP) is 1.80. The van der Waals surface area contributed by atoms with E-state index in [1.807, 2.05) is 0 Å². The minimum absolute atomic E-state index is 0.333. The number of carbonyl (C=O) groups is 1. The number of hydrogen-bond donors (Lipinski definition) is 2. The summed E-state index contributed by atoms with van der Waals surface area (Å²) >= 11 is 0. The van der Waals surface area contributed by atoms with Crippen molar-refractivity contribution in [3.05, 3.63) is 48.0 Å². The minimum atomic E-state index is -0.391. The van der Waals surface area contributed by atoms with Gasteiger partial charge in [0.2, 0.25) is 0 Å². The molecule has 0 saturated heterocycles. The molecule has 15 heavy (non-hydrogen) atoms. The molecule has 4 nitrogen and oxygen atoms in total. The second-order valence-corrected chi connectivity index (χ2v) is 2.93. The molecule has 2 N–H and O–H groups in total. The first kappa shape index (κ1) is 9.39. The average molecular weight is 205 g/mol. The van der Waals surface area contributed by atoms with Crippen LogP contribution in [0.15, 0.2) is 36.5 Å². The molecule has 1 aromatic heterocycles. The maximum atomic E-state index is 12.8. The lowest BCUT2D eigenvalue weighted by Gasteiger charge is -2.02. The lowest BCUT2D eigenvalue weighted by atomic mass is 10.3. The molecular formula is C10H8FN3O. The van der Waals surface area contributed by atoms with Gasteiger partial charge >= 0.3 is 0 Å². The highest BCUT2D eigenvalue weighted by Crippen LogP contribution is 2.10. The Morgan fingerprint density at radius 3 is 2.93 bits per heavy atom. The van der Waals surface area contributed by atoms with Crippen molar-refractivity contribution in [1.82, 2.24) is 10.2 Å². The Hall–Kier alpha value is -2.17. The number of amides is 1. The lowest BCUT2D eigenvalue weighted by Crippen LogP contribution is -2.12. The molecule has 5 heteroatoms. The molecule has 0 fully saturated rings. The normalized spacial score (nSPS) is 9.93. The van der Waals surface area contributed by atoms with Crippen LogP contribution in [0.1, 0.15) is 10.5 Å². The first-order valence-corrected chi connectivity index (χ1v) is 4.32. The highest BCUT2D eigenvalue weighted by molar-refractivity contribution is 6.02. The van der Waals surface area contributed by atoms with Gasteiger partial charge in [-0.1, -0.05) is 6.07 Å². The van der Waals surface area contributed by atoms with E-state index in [-0.39, 0.29) is 5.91 Å². The summed E-state index contributed by atoms with van der Waals surface area (Å²) in [6, 6.07) is 7.23. The fourth-order valence-corrected chi connectivity index (χ4v) is 1.15. The topological polar surface area (TPSA) is 57.8 Å². The van der Waals surface area contributed by atoms with Gasteiger partial charge in [-0.05, 0) is 24.3 Å². The summed E-state index contributed by atoms with van der Waals surface area (Å²) in [7, 11) is 0. The first-order chi connectivity index (χ1) is 7.25. The molecule has 1 amide bonds. The van der Waals surface area contributed by atoms with Gasteiger partial charge in [0, 0.05) is 11.9 Å². The Labute approximate surface area is 85.1 Å². The second-order valence-electron chi connectivity index (χ2n) is 2.93. The van der Waals surface area contributed by atoms with E-state index in [0.717, 1.165) is 0 Å². The van der Waals surface area contributed by atoms with Gasteiger partial charge in [-0.15, -0.1) is 0 Å². The van der Waals surface area contributed by atoms with Gasteiger partial charge in [-0.2, -0.15) is 5.10 Å². The summed E-state index contributed by atoms with van der Waals surface area (Å²) in [4.78, 5) is 11.5. The van der Waals surface area contributed by atoms with Crippen LogP contribution in [0.5, 0.6) is 0 Å². The quantitative estimate of drug-likeness (QED) is 0.785. The number of halogens is 1. The standard InChI is InChI=1S/C10H8FN3O/c11-7-2-1-3-8(6-7)13-10(15)9-4-5-12-14-9/h1-6H,(H,12,14)(H,13,15). The predicted molar refractivity (Wildman–Crippen MR) is 52.9 cm³/mol. The second kappa shape index (κ2) is 3.91. The summed E-state index contributed by atoms with van der Waals surface area (Å²) in [6.07, 6.45) is 1.47. The molecule has 0 saturated carbocycles. The number of hydrogen-bond acceptors (Lipinski definition) is 2. The van der Waals surface area contributed by atoms with Crippen LogP contribution in [-0.2, 0) is 0 Å². The van der Waals surface area contributed by atoms with E-state index < -0.39 is 5.82 Å². The monoisotopic (exact) mass is 205 g/mol.